The summed E-state index contributed by atoms with van der Waals surface area (Å²) in [5, 5.41) is 0. The van der Waals surface area contributed by atoms with Crippen LogP contribution in [0, 0.1) is 0 Å². The van der Waals surface area contributed by atoms with Gasteiger partial charge in [-0.2, -0.15) is 0 Å². The van der Waals surface area contributed by atoms with Crippen molar-refractivity contribution in [3.05, 3.63) is 52.2 Å². The van der Waals surface area contributed by atoms with E-state index in [2.05, 4.69) is 14.7 Å². The van der Waals surface area contributed by atoms with Crippen LogP contribution in [0.1, 0.15) is 16.1 Å². The van der Waals surface area contributed by atoms with Crippen LogP contribution in [0.3, 0.4) is 0 Å². The molecule has 20 heavy (non-hydrogen) atoms. The zero-order valence-electron chi connectivity index (χ0n) is 11.1. The van der Waals surface area contributed by atoms with Crippen LogP contribution in [-0.4, -0.2) is 34.7 Å². The average molecular weight is 275 g/mol. The zero-order chi connectivity index (χ0) is 14.5. The number of methoxy groups -OCH3 is 2. The number of hydrogen-bond donors (Lipinski definition) is 0. The molecule has 0 amide bonds. The molecule has 2 rings (SSSR count). The van der Waals surface area contributed by atoms with Crippen molar-refractivity contribution in [1.82, 2.24) is 14.5 Å². The van der Waals surface area contributed by atoms with Crippen molar-refractivity contribution in [3.8, 4) is 6.01 Å². The topological polar surface area (TPSA) is 83.3 Å². The molecule has 2 aromatic rings. The van der Waals surface area contributed by atoms with Gasteiger partial charge in [0, 0.05) is 18.5 Å². The van der Waals surface area contributed by atoms with Crippen molar-refractivity contribution >= 4 is 5.97 Å². The quantitative estimate of drug-likeness (QED) is 0.755. The number of carbonyl (C=O) groups is 1. The second-order valence-corrected chi connectivity index (χ2v) is 3.89. The van der Waals surface area contributed by atoms with E-state index in [1.54, 1.807) is 12.1 Å². The maximum Gasteiger partial charge on any atom is 0.339 e. The highest BCUT2D eigenvalue weighted by molar-refractivity contribution is 5.88. The van der Waals surface area contributed by atoms with Gasteiger partial charge in [-0.15, -0.1) is 0 Å². The number of ether oxygens (including phenoxy) is 2. The Morgan fingerprint density at radius 3 is 2.65 bits per heavy atom. The van der Waals surface area contributed by atoms with Gasteiger partial charge < -0.3 is 9.47 Å². The summed E-state index contributed by atoms with van der Waals surface area (Å²) in [6.45, 7) is 0.206. The van der Waals surface area contributed by atoms with Crippen molar-refractivity contribution in [3.63, 3.8) is 0 Å². The Hall–Kier alpha value is -2.70. The molecule has 104 valence electrons. The fraction of sp³-hybridized carbons (Fsp3) is 0.231. The third kappa shape index (κ3) is 2.82. The van der Waals surface area contributed by atoms with Crippen LogP contribution in [0.15, 0.2) is 35.4 Å². The molecule has 0 fully saturated rings. The van der Waals surface area contributed by atoms with Crippen molar-refractivity contribution < 1.29 is 14.3 Å². The number of hydrogen-bond acceptors (Lipinski definition) is 6. The van der Waals surface area contributed by atoms with Gasteiger partial charge >= 0.3 is 5.97 Å². The lowest BCUT2D eigenvalue weighted by atomic mass is 10.2. The molecule has 0 spiro atoms. The maximum atomic E-state index is 11.8. The summed E-state index contributed by atoms with van der Waals surface area (Å²) in [4.78, 5) is 31.1. The van der Waals surface area contributed by atoms with Crippen molar-refractivity contribution in [2.75, 3.05) is 14.2 Å². The number of nitrogens with zero attached hydrogens (tertiary/aromatic N) is 3. The predicted octanol–water partition coefficient (Wildman–Crippen LogP) is 0.482. The lowest BCUT2D eigenvalue weighted by Gasteiger charge is -2.09. The molecule has 0 atom stereocenters. The minimum Gasteiger partial charge on any atom is -0.468 e. The molecule has 2 heterocycles. The molecule has 0 unspecified atom stereocenters. The van der Waals surface area contributed by atoms with E-state index in [-0.39, 0.29) is 18.1 Å². The Kier molecular flexibility index (Phi) is 4.09. The molecule has 0 N–H and O–H groups in total. The first-order chi connectivity index (χ1) is 9.65. The lowest BCUT2D eigenvalue weighted by molar-refractivity contribution is 0.0600. The Bertz CT molecular complexity index is 664. The molecule has 2 aromatic heterocycles. The monoisotopic (exact) mass is 275 g/mol. The molecule has 0 saturated carbocycles. The molecule has 0 radical (unpaired) electrons. The van der Waals surface area contributed by atoms with Crippen LogP contribution in [0.25, 0.3) is 0 Å². The van der Waals surface area contributed by atoms with Crippen molar-refractivity contribution in [2.45, 2.75) is 6.54 Å². The van der Waals surface area contributed by atoms with E-state index >= 15 is 0 Å². The minimum atomic E-state index is -0.458. The highest BCUT2D eigenvalue weighted by Gasteiger charge is 2.09. The van der Waals surface area contributed by atoms with Gasteiger partial charge in [0.15, 0.2) is 0 Å². The molecule has 0 aliphatic rings. The van der Waals surface area contributed by atoms with Crippen molar-refractivity contribution in [2.24, 2.45) is 0 Å². The molecule has 0 aliphatic carbocycles. The van der Waals surface area contributed by atoms with E-state index in [0.717, 1.165) is 0 Å². The summed E-state index contributed by atoms with van der Waals surface area (Å²) >= 11 is 0. The summed E-state index contributed by atoms with van der Waals surface area (Å²) in [6, 6.07) is 4.77. The van der Waals surface area contributed by atoms with Crippen LogP contribution in [0.2, 0.25) is 0 Å². The van der Waals surface area contributed by atoms with Gasteiger partial charge in [0.1, 0.15) is 0 Å². The zero-order valence-corrected chi connectivity index (χ0v) is 11.1. The Morgan fingerprint density at radius 1 is 1.25 bits per heavy atom. The largest absolute Gasteiger partial charge is 0.468 e. The predicted molar refractivity (Wildman–Crippen MR) is 69.7 cm³/mol. The van der Waals surface area contributed by atoms with Crippen LogP contribution in [0.5, 0.6) is 6.01 Å². The highest BCUT2D eigenvalue weighted by atomic mass is 16.5. The molecule has 7 nitrogen and oxygen atoms in total. The summed E-state index contributed by atoms with van der Waals surface area (Å²) in [7, 11) is 2.74. The van der Waals surface area contributed by atoms with Crippen LogP contribution < -0.4 is 10.3 Å². The average Bonchev–Trinajstić information content (AvgIpc) is 2.49. The number of carbonyl (C=O) groups excluding carboxylic acids is 1. The molecule has 0 saturated heterocycles. The SMILES string of the molecule is COC(=O)c1ccc(Cn2c(OC)nccc2=O)nc1. The number of pyridine rings is 1. The highest BCUT2D eigenvalue weighted by Crippen LogP contribution is 2.07. The van der Waals surface area contributed by atoms with Gasteiger partial charge in [-0.05, 0) is 12.1 Å². The van der Waals surface area contributed by atoms with Gasteiger partial charge in [0.05, 0.1) is 32.0 Å². The van der Waals surface area contributed by atoms with Crippen LogP contribution >= 0.6 is 0 Å². The van der Waals surface area contributed by atoms with Gasteiger partial charge in [0.25, 0.3) is 11.6 Å². The third-order valence-corrected chi connectivity index (χ3v) is 2.65. The summed E-state index contributed by atoms with van der Waals surface area (Å²) in [5.74, 6) is -0.458. The van der Waals surface area contributed by atoms with E-state index in [1.165, 1.54) is 37.2 Å². The second-order valence-electron chi connectivity index (χ2n) is 3.89. The first-order valence-corrected chi connectivity index (χ1v) is 5.78. The molecule has 7 heteroatoms. The number of esters is 1. The summed E-state index contributed by atoms with van der Waals surface area (Å²) in [5.41, 5.74) is 0.712. The Labute approximate surface area is 114 Å². The van der Waals surface area contributed by atoms with Gasteiger partial charge in [-0.3, -0.25) is 14.3 Å². The van der Waals surface area contributed by atoms with E-state index in [0.29, 0.717) is 11.3 Å². The standard InChI is InChI=1S/C13H13N3O4/c1-19-12(18)9-3-4-10(15-7-9)8-16-11(17)5-6-14-13(16)20-2/h3-7H,8H2,1-2H3. The fourth-order valence-corrected chi connectivity index (χ4v) is 1.65. The lowest BCUT2D eigenvalue weighted by Crippen LogP contribution is -2.22. The first kappa shape index (κ1) is 13.7. The first-order valence-electron chi connectivity index (χ1n) is 5.78. The summed E-state index contributed by atoms with van der Waals surface area (Å²) < 4.78 is 11.0. The number of aromatic nitrogens is 3. The van der Waals surface area contributed by atoms with Gasteiger partial charge in [0.2, 0.25) is 0 Å². The van der Waals surface area contributed by atoms with Gasteiger partial charge in [-0.1, -0.05) is 0 Å². The smallest absolute Gasteiger partial charge is 0.339 e. The molecular formula is C13H13N3O4. The Balaban J connectivity index is 2.27. The minimum absolute atomic E-state index is 0.205. The molecule has 0 aromatic carbocycles. The molecular weight excluding hydrogens is 262 g/mol. The molecule has 0 bridgehead atoms. The van der Waals surface area contributed by atoms with E-state index in [9.17, 15) is 9.59 Å². The summed E-state index contributed by atoms with van der Waals surface area (Å²) in [6.07, 6.45) is 2.78. The Morgan fingerprint density at radius 2 is 2.05 bits per heavy atom. The second kappa shape index (κ2) is 5.96. The van der Waals surface area contributed by atoms with E-state index in [1.807, 2.05) is 0 Å². The van der Waals surface area contributed by atoms with Crippen LogP contribution in [0.4, 0.5) is 0 Å². The number of rotatable bonds is 4. The third-order valence-electron chi connectivity index (χ3n) is 2.65. The van der Waals surface area contributed by atoms with Gasteiger partial charge in [-0.25, -0.2) is 9.78 Å². The van der Waals surface area contributed by atoms with E-state index in [4.69, 9.17) is 4.74 Å². The van der Waals surface area contributed by atoms with E-state index < -0.39 is 5.97 Å². The normalized spacial score (nSPS) is 10.1. The van der Waals surface area contributed by atoms with Crippen LogP contribution in [-0.2, 0) is 11.3 Å². The fourth-order valence-electron chi connectivity index (χ4n) is 1.65. The maximum absolute atomic E-state index is 11.8. The van der Waals surface area contributed by atoms with Crippen molar-refractivity contribution in [1.29, 1.82) is 0 Å². The molecule has 0 aliphatic heterocycles.